The van der Waals surface area contributed by atoms with Gasteiger partial charge in [0.1, 0.15) is 5.82 Å². The summed E-state index contributed by atoms with van der Waals surface area (Å²) < 4.78 is 5.68. The van der Waals surface area contributed by atoms with Gasteiger partial charge in [0.15, 0.2) is 0 Å². The Morgan fingerprint density at radius 2 is 1.84 bits per heavy atom. The molecule has 1 aliphatic heterocycles. The number of piperazine rings is 1. The molecular formula is C24H31N7O. The Kier molecular flexibility index (Phi) is 6.61. The molecule has 1 aliphatic rings. The Morgan fingerprint density at radius 1 is 1.09 bits per heavy atom. The molecule has 32 heavy (non-hydrogen) atoms. The maximum absolute atomic E-state index is 8.74. The molecule has 1 saturated heterocycles. The van der Waals surface area contributed by atoms with Gasteiger partial charge < -0.3 is 15.4 Å². The van der Waals surface area contributed by atoms with Gasteiger partial charge in [0.05, 0.1) is 23.7 Å². The van der Waals surface area contributed by atoms with Crippen molar-refractivity contribution >= 4 is 17.2 Å². The fraction of sp³-hybridized carbons (Fsp3) is 0.333. The van der Waals surface area contributed by atoms with Crippen molar-refractivity contribution in [1.82, 2.24) is 19.9 Å². The van der Waals surface area contributed by atoms with Crippen molar-refractivity contribution in [2.24, 2.45) is 0 Å². The van der Waals surface area contributed by atoms with E-state index in [0.717, 1.165) is 44.1 Å². The van der Waals surface area contributed by atoms with Gasteiger partial charge >= 0.3 is 0 Å². The Balaban J connectivity index is 0.00000306. The third-order valence-electron chi connectivity index (χ3n) is 5.42. The van der Waals surface area contributed by atoms with Crippen LogP contribution in [0.5, 0.6) is 5.88 Å². The highest BCUT2D eigenvalue weighted by Gasteiger charge is 2.19. The molecule has 0 aliphatic carbocycles. The van der Waals surface area contributed by atoms with Crippen molar-refractivity contribution in [3.8, 4) is 5.88 Å². The van der Waals surface area contributed by atoms with Gasteiger partial charge in [-0.15, -0.1) is 0 Å². The van der Waals surface area contributed by atoms with Crippen LogP contribution in [-0.4, -0.2) is 57.8 Å². The summed E-state index contributed by atoms with van der Waals surface area (Å²) in [4.78, 5) is 17.6. The number of anilines is 2. The molecule has 168 valence electrons. The van der Waals surface area contributed by atoms with E-state index in [9.17, 15) is 0 Å². The van der Waals surface area contributed by atoms with E-state index in [-0.39, 0.29) is 7.53 Å². The lowest BCUT2D eigenvalue weighted by Crippen LogP contribution is -2.46. The van der Waals surface area contributed by atoms with Crippen LogP contribution >= 0.6 is 0 Å². The lowest BCUT2D eigenvalue weighted by Gasteiger charge is -2.35. The molecule has 3 aromatic heterocycles. The Hall–Kier alpha value is -3.52. The number of hydrogen-bond acceptors (Lipinski definition) is 8. The molecular weight excluding hydrogens is 402 g/mol. The molecule has 0 unspecified atom stereocenters. The van der Waals surface area contributed by atoms with Crippen LogP contribution < -0.4 is 15.4 Å². The predicted octanol–water partition coefficient (Wildman–Crippen LogP) is 3.23. The number of hydrogen-bond donors (Lipinski definition) is 2. The molecule has 4 heterocycles. The number of nitrogens with one attached hydrogen (secondary N) is 1. The fourth-order valence-electron chi connectivity index (χ4n) is 3.75. The summed E-state index contributed by atoms with van der Waals surface area (Å²) in [6.45, 7) is 8.50. The molecule has 3 N–H and O–H groups in total. The molecule has 0 atom stereocenters. The summed E-state index contributed by atoms with van der Waals surface area (Å²) in [5, 5.41) is 8.74. The summed E-state index contributed by atoms with van der Waals surface area (Å²) in [6.07, 6.45) is 6.97. The molecule has 0 bridgehead atoms. The van der Waals surface area contributed by atoms with E-state index in [2.05, 4.69) is 36.9 Å². The lowest BCUT2D eigenvalue weighted by molar-refractivity contribution is 0.232. The first-order valence-corrected chi connectivity index (χ1v) is 10.8. The molecule has 0 saturated carbocycles. The number of nitrogen functional groups attached to an aromatic ring is 1. The highest BCUT2D eigenvalue weighted by Crippen LogP contribution is 2.23. The van der Waals surface area contributed by atoms with E-state index in [1.165, 1.54) is 5.56 Å². The van der Waals surface area contributed by atoms with Gasteiger partial charge in [0.2, 0.25) is 5.88 Å². The zero-order valence-corrected chi connectivity index (χ0v) is 18.5. The monoisotopic (exact) mass is 433 g/mol. The van der Waals surface area contributed by atoms with Crippen LogP contribution in [0.1, 0.15) is 32.0 Å². The highest BCUT2D eigenvalue weighted by atomic mass is 16.5. The summed E-state index contributed by atoms with van der Waals surface area (Å²) >= 11 is 0. The van der Waals surface area contributed by atoms with Crippen molar-refractivity contribution in [3.63, 3.8) is 0 Å². The zero-order valence-electron chi connectivity index (χ0n) is 18.5. The van der Waals surface area contributed by atoms with Crippen LogP contribution in [0.3, 0.4) is 0 Å². The Bertz CT molecular complexity index is 1070. The Morgan fingerprint density at radius 3 is 2.56 bits per heavy atom. The number of aromatic nitrogens is 3. The minimum absolute atomic E-state index is 0. The number of ether oxygens (including phenoxy) is 1. The molecule has 0 aromatic carbocycles. The first-order valence-electron chi connectivity index (χ1n) is 10.8. The van der Waals surface area contributed by atoms with Gasteiger partial charge in [-0.1, -0.05) is 0 Å². The molecule has 4 rings (SSSR count). The second kappa shape index (κ2) is 9.74. The van der Waals surface area contributed by atoms with E-state index in [1.807, 2.05) is 38.4 Å². The number of rotatable bonds is 7. The zero-order chi connectivity index (χ0) is 22.5. The van der Waals surface area contributed by atoms with Crippen molar-refractivity contribution < 1.29 is 6.16 Å². The highest BCUT2D eigenvalue weighted by molar-refractivity contribution is 6.14. The molecule has 3 aromatic rings. The number of pyridine rings is 3. The summed E-state index contributed by atoms with van der Waals surface area (Å²) in [6, 6.07) is 9.66. The van der Waals surface area contributed by atoms with E-state index in [1.54, 1.807) is 18.5 Å². The van der Waals surface area contributed by atoms with Gasteiger partial charge in [-0.25, -0.2) is 9.97 Å². The van der Waals surface area contributed by atoms with Crippen LogP contribution in [-0.2, 0) is 6.54 Å². The average Bonchev–Trinajstić information content (AvgIpc) is 2.81. The third kappa shape index (κ3) is 5.20. The summed E-state index contributed by atoms with van der Waals surface area (Å²) in [7, 11) is 0. The standard InChI is InChI=1S/C24H29N7O.H2/c1-17(2)32-23-14-20(21(25)15-29-23)24(26)19-5-8-28-22(13-19)31-11-9-30(10-12-31)16-18-3-6-27-7-4-18;/h3-8,13-15,17,26H,9-12,16,25H2,1-2H3;1H. The predicted molar refractivity (Wildman–Crippen MR) is 128 cm³/mol. The van der Waals surface area contributed by atoms with E-state index in [4.69, 9.17) is 15.9 Å². The van der Waals surface area contributed by atoms with Crippen molar-refractivity contribution in [2.45, 2.75) is 26.5 Å². The third-order valence-corrected chi connectivity index (χ3v) is 5.42. The van der Waals surface area contributed by atoms with Crippen molar-refractivity contribution in [3.05, 3.63) is 71.8 Å². The lowest BCUT2D eigenvalue weighted by atomic mass is 10.0. The Labute approximate surface area is 190 Å². The smallest absolute Gasteiger partial charge is 0.214 e. The first kappa shape index (κ1) is 21.7. The van der Waals surface area contributed by atoms with Crippen LogP contribution in [0.2, 0.25) is 0 Å². The first-order chi connectivity index (χ1) is 15.5. The SMILES string of the molecule is CC(C)Oc1cc(C(=N)c2ccnc(N3CCN(Cc4ccncc4)CC3)c2)c(N)cn1.[HH]. The van der Waals surface area contributed by atoms with Gasteiger partial charge in [0.25, 0.3) is 0 Å². The average molecular weight is 434 g/mol. The van der Waals surface area contributed by atoms with E-state index < -0.39 is 0 Å². The minimum atomic E-state index is -0.00193. The maximum Gasteiger partial charge on any atom is 0.214 e. The topological polar surface area (TPSA) is 104 Å². The molecule has 8 heteroatoms. The molecule has 0 amide bonds. The number of nitrogens with zero attached hydrogens (tertiary/aromatic N) is 5. The quantitative estimate of drug-likeness (QED) is 0.551. The summed E-state index contributed by atoms with van der Waals surface area (Å²) in [5.41, 5.74) is 9.56. The van der Waals surface area contributed by atoms with Crippen LogP contribution in [0.15, 0.2) is 55.1 Å². The molecule has 0 spiro atoms. The minimum Gasteiger partial charge on any atom is -0.475 e. The van der Waals surface area contributed by atoms with Crippen molar-refractivity contribution in [1.29, 1.82) is 5.41 Å². The second-order valence-corrected chi connectivity index (χ2v) is 8.17. The van der Waals surface area contributed by atoms with Crippen LogP contribution in [0.25, 0.3) is 0 Å². The van der Waals surface area contributed by atoms with Gasteiger partial charge in [0, 0.05) is 69.9 Å². The normalized spacial score (nSPS) is 14.5. The second-order valence-electron chi connectivity index (χ2n) is 8.17. The van der Waals surface area contributed by atoms with Gasteiger partial charge in [-0.3, -0.25) is 15.3 Å². The van der Waals surface area contributed by atoms with E-state index >= 15 is 0 Å². The molecule has 0 radical (unpaired) electrons. The fourth-order valence-corrected chi connectivity index (χ4v) is 3.75. The van der Waals surface area contributed by atoms with Gasteiger partial charge in [-0.05, 0) is 43.7 Å². The summed E-state index contributed by atoms with van der Waals surface area (Å²) in [5.74, 6) is 1.34. The van der Waals surface area contributed by atoms with Crippen LogP contribution in [0, 0.1) is 5.41 Å². The molecule has 8 nitrogen and oxygen atoms in total. The maximum atomic E-state index is 8.74. The number of nitrogens with two attached hydrogens (primary N) is 1. The largest absolute Gasteiger partial charge is 0.475 e. The van der Waals surface area contributed by atoms with E-state index in [0.29, 0.717) is 22.8 Å². The molecule has 1 fully saturated rings. The van der Waals surface area contributed by atoms with Crippen LogP contribution in [0.4, 0.5) is 11.5 Å². The van der Waals surface area contributed by atoms with Gasteiger partial charge in [-0.2, -0.15) is 0 Å². The van der Waals surface area contributed by atoms with Crippen molar-refractivity contribution in [2.75, 3.05) is 36.8 Å².